The predicted molar refractivity (Wildman–Crippen MR) is 111 cm³/mol. The van der Waals surface area contributed by atoms with E-state index in [9.17, 15) is 4.79 Å². The molecule has 0 bridgehead atoms. The fourth-order valence-electron chi connectivity index (χ4n) is 3.80. The van der Waals surface area contributed by atoms with Crippen molar-refractivity contribution in [2.45, 2.75) is 44.8 Å². The summed E-state index contributed by atoms with van der Waals surface area (Å²) in [6.45, 7) is 6.02. The van der Waals surface area contributed by atoms with Crippen LogP contribution in [0.4, 0.5) is 0 Å². The third kappa shape index (κ3) is 4.56. The lowest BCUT2D eigenvalue weighted by atomic mass is 9.99. The van der Waals surface area contributed by atoms with Crippen LogP contribution >= 0.6 is 12.4 Å². The van der Waals surface area contributed by atoms with Gasteiger partial charge in [0.25, 0.3) is 0 Å². The number of nitrogens with one attached hydrogen (secondary N) is 2. The van der Waals surface area contributed by atoms with E-state index in [1.807, 2.05) is 20.0 Å². The van der Waals surface area contributed by atoms with Crippen LogP contribution in [-0.2, 0) is 4.79 Å². The van der Waals surface area contributed by atoms with Crippen LogP contribution in [0.1, 0.15) is 38.3 Å². The molecule has 0 saturated carbocycles. The summed E-state index contributed by atoms with van der Waals surface area (Å²) in [4.78, 5) is 15.1. The zero-order valence-electron chi connectivity index (χ0n) is 15.9. The lowest BCUT2D eigenvalue weighted by Crippen LogP contribution is -2.52. The molecule has 0 spiro atoms. The number of piperidine rings is 1. The highest BCUT2D eigenvalue weighted by Crippen LogP contribution is 2.24. The van der Waals surface area contributed by atoms with E-state index >= 15 is 0 Å². The minimum atomic E-state index is -0.103. The first-order chi connectivity index (χ1) is 12.1. The van der Waals surface area contributed by atoms with E-state index in [0.29, 0.717) is 6.04 Å². The number of benzene rings is 2. The van der Waals surface area contributed by atoms with Gasteiger partial charge in [-0.05, 0) is 56.6 Å². The normalized spacial score (nSPS) is 20.2. The van der Waals surface area contributed by atoms with Crippen LogP contribution < -0.4 is 10.6 Å². The Kier molecular flexibility index (Phi) is 7.44. The Labute approximate surface area is 162 Å². The Morgan fingerprint density at radius 3 is 2.65 bits per heavy atom. The van der Waals surface area contributed by atoms with Gasteiger partial charge >= 0.3 is 0 Å². The summed E-state index contributed by atoms with van der Waals surface area (Å²) >= 11 is 0. The maximum atomic E-state index is 12.8. The average molecular weight is 376 g/mol. The molecular weight excluding hydrogens is 346 g/mol. The molecule has 2 N–H and O–H groups in total. The Balaban J connectivity index is 0.00000243. The molecule has 26 heavy (non-hydrogen) atoms. The van der Waals surface area contributed by atoms with Crippen LogP contribution in [0.5, 0.6) is 0 Å². The summed E-state index contributed by atoms with van der Waals surface area (Å²) in [6, 6.07) is 15.0. The average Bonchev–Trinajstić information content (AvgIpc) is 2.66. The van der Waals surface area contributed by atoms with Crippen molar-refractivity contribution in [3.8, 4) is 0 Å². The first kappa shape index (κ1) is 20.7. The highest BCUT2D eigenvalue weighted by molar-refractivity contribution is 5.87. The smallest absolute Gasteiger partial charge is 0.237 e. The van der Waals surface area contributed by atoms with Gasteiger partial charge in [-0.1, -0.05) is 42.5 Å². The van der Waals surface area contributed by atoms with Crippen LogP contribution in [0, 0.1) is 0 Å². The maximum Gasteiger partial charge on any atom is 0.237 e. The van der Waals surface area contributed by atoms with Crippen molar-refractivity contribution in [3.05, 3.63) is 48.0 Å². The van der Waals surface area contributed by atoms with Gasteiger partial charge in [0, 0.05) is 12.6 Å². The van der Waals surface area contributed by atoms with Crippen molar-refractivity contribution in [2.75, 3.05) is 20.1 Å². The Morgan fingerprint density at radius 1 is 1.15 bits per heavy atom. The van der Waals surface area contributed by atoms with Gasteiger partial charge in [-0.15, -0.1) is 12.4 Å². The molecule has 5 heteroatoms. The van der Waals surface area contributed by atoms with Crippen molar-refractivity contribution in [1.82, 2.24) is 15.5 Å². The van der Waals surface area contributed by atoms with E-state index in [1.165, 1.54) is 22.8 Å². The highest BCUT2D eigenvalue weighted by Gasteiger charge is 2.27. The lowest BCUT2D eigenvalue weighted by molar-refractivity contribution is -0.127. The van der Waals surface area contributed by atoms with Crippen LogP contribution in [0.15, 0.2) is 42.5 Å². The summed E-state index contributed by atoms with van der Waals surface area (Å²) in [5.74, 6) is 0.109. The molecular formula is C21H30ClN3O. The minimum absolute atomic E-state index is 0. The van der Waals surface area contributed by atoms with Crippen LogP contribution in [0.25, 0.3) is 10.8 Å². The van der Waals surface area contributed by atoms with Crippen molar-refractivity contribution in [3.63, 3.8) is 0 Å². The van der Waals surface area contributed by atoms with Crippen molar-refractivity contribution >= 4 is 29.1 Å². The van der Waals surface area contributed by atoms with E-state index in [4.69, 9.17) is 0 Å². The molecule has 2 aromatic carbocycles. The predicted octanol–water partition coefficient (Wildman–Crippen LogP) is 3.51. The number of nitrogens with zero attached hydrogens (tertiary/aromatic N) is 1. The summed E-state index contributed by atoms with van der Waals surface area (Å²) in [5.41, 5.74) is 1.17. The van der Waals surface area contributed by atoms with Gasteiger partial charge in [-0.2, -0.15) is 0 Å². The van der Waals surface area contributed by atoms with Crippen molar-refractivity contribution in [2.24, 2.45) is 0 Å². The zero-order valence-corrected chi connectivity index (χ0v) is 16.7. The number of carbonyl (C=O) groups is 1. The monoisotopic (exact) mass is 375 g/mol. The Hall–Kier alpha value is -1.62. The van der Waals surface area contributed by atoms with Gasteiger partial charge in [0.2, 0.25) is 5.91 Å². The van der Waals surface area contributed by atoms with Gasteiger partial charge < -0.3 is 10.6 Å². The van der Waals surface area contributed by atoms with E-state index in [-0.39, 0.29) is 30.4 Å². The number of halogens is 1. The number of hydrogen-bond donors (Lipinski definition) is 2. The largest absolute Gasteiger partial charge is 0.348 e. The number of likely N-dealkylation sites (N-methyl/N-ethyl adjacent to an activating group) is 1. The first-order valence-electron chi connectivity index (χ1n) is 9.29. The maximum absolute atomic E-state index is 12.8. The van der Waals surface area contributed by atoms with Gasteiger partial charge in [0.15, 0.2) is 0 Å². The molecule has 1 heterocycles. The van der Waals surface area contributed by atoms with E-state index in [0.717, 1.165) is 19.5 Å². The van der Waals surface area contributed by atoms with Gasteiger partial charge in [-0.3, -0.25) is 9.69 Å². The molecule has 4 nitrogen and oxygen atoms in total. The molecule has 142 valence electrons. The van der Waals surface area contributed by atoms with Crippen LogP contribution in [0.2, 0.25) is 0 Å². The summed E-state index contributed by atoms with van der Waals surface area (Å²) in [7, 11) is 2.00. The second-order valence-electron chi connectivity index (χ2n) is 7.10. The van der Waals surface area contributed by atoms with Gasteiger partial charge in [0.05, 0.1) is 12.1 Å². The molecule has 1 saturated heterocycles. The SMILES string of the molecule is CNC1CCCN(C(C)C(=O)NC(C)c2cccc3ccccc23)C1.Cl. The summed E-state index contributed by atoms with van der Waals surface area (Å²) in [6.07, 6.45) is 2.33. The Bertz CT molecular complexity index is 731. The molecule has 1 fully saturated rings. The minimum Gasteiger partial charge on any atom is -0.348 e. The number of amides is 1. The van der Waals surface area contributed by atoms with Crippen molar-refractivity contribution in [1.29, 1.82) is 0 Å². The molecule has 1 amide bonds. The van der Waals surface area contributed by atoms with Gasteiger partial charge in [-0.25, -0.2) is 0 Å². The highest BCUT2D eigenvalue weighted by atomic mass is 35.5. The number of carbonyl (C=O) groups excluding carboxylic acids is 1. The summed E-state index contributed by atoms with van der Waals surface area (Å²) in [5, 5.41) is 8.98. The topological polar surface area (TPSA) is 44.4 Å². The van der Waals surface area contributed by atoms with E-state index in [2.05, 4.69) is 58.9 Å². The number of rotatable bonds is 5. The van der Waals surface area contributed by atoms with Gasteiger partial charge in [0.1, 0.15) is 0 Å². The Morgan fingerprint density at radius 2 is 1.88 bits per heavy atom. The fraction of sp³-hybridized carbons (Fsp3) is 0.476. The quantitative estimate of drug-likeness (QED) is 0.840. The fourth-order valence-corrected chi connectivity index (χ4v) is 3.80. The first-order valence-corrected chi connectivity index (χ1v) is 9.29. The van der Waals surface area contributed by atoms with Crippen LogP contribution in [0.3, 0.4) is 0 Å². The standard InChI is InChI=1S/C21H29N3O.ClH/c1-15(19-12-6-9-17-8-4-5-11-20(17)19)23-21(25)16(2)24-13-7-10-18(14-24)22-3;/h4-6,8-9,11-12,15-16,18,22H,7,10,13-14H2,1-3H3,(H,23,25);1H. The number of hydrogen-bond acceptors (Lipinski definition) is 3. The molecule has 1 aliphatic heterocycles. The third-order valence-corrected chi connectivity index (χ3v) is 5.44. The van der Waals surface area contributed by atoms with E-state index in [1.54, 1.807) is 0 Å². The second-order valence-corrected chi connectivity index (χ2v) is 7.10. The second kappa shape index (κ2) is 9.36. The number of likely N-dealkylation sites (tertiary alicyclic amines) is 1. The van der Waals surface area contributed by atoms with Crippen molar-refractivity contribution < 1.29 is 4.79 Å². The van der Waals surface area contributed by atoms with Crippen LogP contribution in [-0.4, -0.2) is 43.0 Å². The third-order valence-electron chi connectivity index (χ3n) is 5.44. The molecule has 3 rings (SSSR count). The molecule has 3 unspecified atom stereocenters. The zero-order chi connectivity index (χ0) is 17.8. The molecule has 1 aliphatic rings. The molecule has 2 aromatic rings. The molecule has 0 aromatic heterocycles. The number of fused-ring (bicyclic) bond motifs is 1. The molecule has 0 radical (unpaired) electrons. The molecule has 3 atom stereocenters. The van der Waals surface area contributed by atoms with E-state index < -0.39 is 0 Å². The lowest BCUT2D eigenvalue weighted by Gasteiger charge is -2.36. The molecule has 0 aliphatic carbocycles. The summed E-state index contributed by atoms with van der Waals surface area (Å²) < 4.78 is 0.